The van der Waals surface area contributed by atoms with Gasteiger partial charge in [0.15, 0.2) is 0 Å². The van der Waals surface area contributed by atoms with Crippen molar-refractivity contribution < 1.29 is 19.2 Å². The van der Waals surface area contributed by atoms with Gasteiger partial charge < -0.3 is 10.2 Å². The van der Waals surface area contributed by atoms with Crippen molar-refractivity contribution in [2.45, 2.75) is 25.7 Å². The second-order valence-corrected chi connectivity index (χ2v) is 5.72. The highest BCUT2D eigenvalue weighted by molar-refractivity contribution is 6.06. The molecule has 0 radical (unpaired) electrons. The summed E-state index contributed by atoms with van der Waals surface area (Å²) < 4.78 is 0. The van der Waals surface area contributed by atoms with Crippen molar-refractivity contribution in [3.05, 3.63) is 23.8 Å². The van der Waals surface area contributed by atoms with Crippen molar-refractivity contribution in [2.75, 3.05) is 23.8 Å². The minimum Gasteiger partial charge on any atom is -0.325 e. The standard InChI is InChI=1S/C16H17N3O4/c1-18-12-4-3-11(8-10(12)2-5-14(18)21)17-13(20)9-19-15(22)6-7-16(19)23/h3-4,8H,2,5-7,9H2,1H3,(H,17,20). The highest BCUT2D eigenvalue weighted by Crippen LogP contribution is 2.29. The topological polar surface area (TPSA) is 86.8 Å². The third kappa shape index (κ3) is 2.94. The molecular weight excluding hydrogens is 298 g/mol. The van der Waals surface area contributed by atoms with Gasteiger partial charge in [-0.3, -0.25) is 24.1 Å². The number of nitrogens with zero attached hydrogens (tertiary/aromatic N) is 2. The van der Waals surface area contributed by atoms with Gasteiger partial charge in [0.1, 0.15) is 6.54 Å². The third-order valence-electron chi connectivity index (χ3n) is 4.16. The number of fused-ring (bicyclic) bond motifs is 1. The molecule has 120 valence electrons. The highest BCUT2D eigenvalue weighted by Gasteiger charge is 2.30. The Morgan fingerprint density at radius 2 is 1.70 bits per heavy atom. The Kier molecular flexibility index (Phi) is 3.85. The fourth-order valence-corrected chi connectivity index (χ4v) is 2.88. The molecule has 0 bridgehead atoms. The Balaban J connectivity index is 1.69. The van der Waals surface area contributed by atoms with Crippen molar-refractivity contribution in [1.82, 2.24) is 4.90 Å². The molecule has 1 N–H and O–H groups in total. The first kappa shape index (κ1) is 15.2. The molecule has 0 aromatic heterocycles. The summed E-state index contributed by atoms with van der Waals surface area (Å²) in [5, 5.41) is 2.70. The molecule has 1 saturated heterocycles. The molecule has 2 aliphatic heterocycles. The zero-order valence-electron chi connectivity index (χ0n) is 12.8. The van der Waals surface area contributed by atoms with E-state index in [0.717, 1.165) is 16.2 Å². The van der Waals surface area contributed by atoms with Gasteiger partial charge in [-0.2, -0.15) is 0 Å². The molecule has 1 aromatic carbocycles. The summed E-state index contributed by atoms with van der Waals surface area (Å²) in [6.07, 6.45) is 1.42. The van der Waals surface area contributed by atoms with Gasteiger partial charge in [-0.1, -0.05) is 0 Å². The van der Waals surface area contributed by atoms with Gasteiger partial charge in [-0.15, -0.1) is 0 Å². The summed E-state index contributed by atoms with van der Waals surface area (Å²) in [4.78, 5) is 49.3. The maximum atomic E-state index is 12.0. The number of nitrogens with one attached hydrogen (secondary N) is 1. The lowest BCUT2D eigenvalue weighted by Gasteiger charge is -2.26. The van der Waals surface area contributed by atoms with Crippen LogP contribution in [0.1, 0.15) is 24.8 Å². The van der Waals surface area contributed by atoms with Crippen LogP contribution in [-0.4, -0.2) is 42.1 Å². The van der Waals surface area contributed by atoms with Gasteiger partial charge >= 0.3 is 0 Å². The van der Waals surface area contributed by atoms with Crippen molar-refractivity contribution in [3.63, 3.8) is 0 Å². The van der Waals surface area contributed by atoms with E-state index < -0.39 is 5.91 Å². The zero-order valence-corrected chi connectivity index (χ0v) is 12.8. The SMILES string of the molecule is CN1C(=O)CCc2cc(NC(=O)CN3C(=O)CCC3=O)ccc21. The van der Waals surface area contributed by atoms with Crippen molar-refractivity contribution in [2.24, 2.45) is 0 Å². The Labute approximate surface area is 133 Å². The quantitative estimate of drug-likeness (QED) is 0.831. The minimum atomic E-state index is -0.409. The van der Waals surface area contributed by atoms with Crippen LogP contribution in [-0.2, 0) is 25.6 Å². The molecule has 2 heterocycles. The van der Waals surface area contributed by atoms with Crippen LogP contribution in [0.4, 0.5) is 11.4 Å². The van der Waals surface area contributed by atoms with E-state index in [1.165, 1.54) is 0 Å². The van der Waals surface area contributed by atoms with Gasteiger partial charge in [-0.05, 0) is 30.2 Å². The first-order valence-corrected chi connectivity index (χ1v) is 7.48. The second kappa shape index (κ2) is 5.83. The predicted molar refractivity (Wildman–Crippen MR) is 82.8 cm³/mol. The molecule has 4 amide bonds. The number of carbonyl (C=O) groups is 4. The summed E-state index contributed by atoms with van der Waals surface area (Å²) in [5.74, 6) is -0.958. The monoisotopic (exact) mass is 315 g/mol. The number of hydrogen-bond acceptors (Lipinski definition) is 4. The highest BCUT2D eigenvalue weighted by atomic mass is 16.2. The van der Waals surface area contributed by atoms with E-state index in [2.05, 4.69) is 5.32 Å². The van der Waals surface area contributed by atoms with E-state index in [9.17, 15) is 19.2 Å². The van der Waals surface area contributed by atoms with Gasteiger partial charge in [0, 0.05) is 37.7 Å². The number of benzene rings is 1. The number of carbonyl (C=O) groups excluding carboxylic acids is 4. The molecule has 3 rings (SSSR count). The Morgan fingerprint density at radius 3 is 2.39 bits per heavy atom. The second-order valence-electron chi connectivity index (χ2n) is 5.72. The maximum absolute atomic E-state index is 12.0. The molecule has 0 aliphatic carbocycles. The normalized spacial score (nSPS) is 17.5. The molecule has 0 saturated carbocycles. The van der Waals surface area contributed by atoms with Crippen LogP contribution < -0.4 is 10.2 Å². The molecule has 0 spiro atoms. The molecule has 0 unspecified atom stereocenters. The zero-order chi connectivity index (χ0) is 16.6. The van der Waals surface area contributed by atoms with Gasteiger partial charge in [0.2, 0.25) is 23.6 Å². The van der Waals surface area contributed by atoms with Crippen molar-refractivity contribution in [1.29, 1.82) is 0 Å². The number of anilines is 2. The van der Waals surface area contributed by atoms with Gasteiger partial charge in [-0.25, -0.2) is 0 Å². The maximum Gasteiger partial charge on any atom is 0.244 e. The summed E-state index contributed by atoms with van der Waals surface area (Å²) in [5.41, 5.74) is 2.41. The van der Waals surface area contributed by atoms with E-state index >= 15 is 0 Å². The molecule has 1 aromatic rings. The van der Waals surface area contributed by atoms with E-state index in [4.69, 9.17) is 0 Å². The van der Waals surface area contributed by atoms with Gasteiger partial charge in [0.25, 0.3) is 0 Å². The molecule has 2 aliphatic rings. The Morgan fingerprint density at radius 1 is 1.04 bits per heavy atom. The molecule has 0 atom stereocenters. The van der Waals surface area contributed by atoms with Crippen molar-refractivity contribution >= 4 is 35.0 Å². The van der Waals surface area contributed by atoms with E-state index in [1.807, 2.05) is 6.07 Å². The van der Waals surface area contributed by atoms with E-state index in [-0.39, 0.29) is 37.1 Å². The smallest absolute Gasteiger partial charge is 0.244 e. The summed E-state index contributed by atoms with van der Waals surface area (Å²) in [7, 11) is 1.73. The Bertz CT molecular complexity index is 697. The Hall–Kier alpha value is -2.70. The average Bonchev–Trinajstić information content (AvgIpc) is 2.83. The van der Waals surface area contributed by atoms with Crippen LogP contribution in [0, 0.1) is 0 Å². The third-order valence-corrected chi connectivity index (χ3v) is 4.16. The summed E-state index contributed by atoms with van der Waals surface area (Å²) in [6, 6.07) is 5.32. The molecular formula is C16H17N3O4. The number of likely N-dealkylation sites (tertiary alicyclic amines) is 1. The minimum absolute atomic E-state index is 0.0698. The van der Waals surface area contributed by atoms with Crippen LogP contribution in [0.3, 0.4) is 0 Å². The molecule has 7 nitrogen and oxygen atoms in total. The summed E-state index contributed by atoms with van der Waals surface area (Å²) in [6.45, 7) is -0.257. The van der Waals surface area contributed by atoms with E-state index in [0.29, 0.717) is 18.5 Å². The van der Waals surface area contributed by atoms with Crippen LogP contribution in [0.25, 0.3) is 0 Å². The number of imide groups is 1. The first-order valence-electron chi connectivity index (χ1n) is 7.48. The van der Waals surface area contributed by atoms with Gasteiger partial charge in [0.05, 0.1) is 0 Å². The van der Waals surface area contributed by atoms with Crippen LogP contribution >= 0.6 is 0 Å². The molecule has 7 heteroatoms. The number of rotatable bonds is 3. The number of hydrogen-bond donors (Lipinski definition) is 1. The predicted octanol–water partition coefficient (Wildman–Crippen LogP) is 0.683. The molecule has 23 heavy (non-hydrogen) atoms. The fraction of sp³-hybridized carbons (Fsp3) is 0.375. The van der Waals surface area contributed by atoms with Crippen LogP contribution in [0.15, 0.2) is 18.2 Å². The van der Waals surface area contributed by atoms with Crippen LogP contribution in [0.5, 0.6) is 0 Å². The van der Waals surface area contributed by atoms with E-state index in [1.54, 1.807) is 24.1 Å². The van der Waals surface area contributed by atoms with Crippen molar-refractivity contribution in [3.8, 4) is 0 Å². The lowest BCUT2D eigenvalue weighted by molar-refractivity contribution is -0.141. The lowest BCUT2D eigenvalue weighted by Crippen LogP contribution is -2.37. The lowest BCUT2D eigenvalue weighted by atomic mass is 10.0. The number of aryl methyl sites for hydroxylation is 1. The first-order chi connectivity index (χ1) is 11.0. The fourth-order valence-electron chi connectivity index (χ4n) is 2.88. The largest absolute Gasteiger partial charge is 0.325 e. The number of amides is 4. The summed E-state index contributed by atoms with van der Waals surface area (Å²) >= 11 is 0. The van der Waals surface area contributed by atoms with Crippen LogP contribution in [0.2, 0.25) is 0 Å². The molecule has 1 fully saturated rings. The average molecular weight is 315 g/mol.